The summed E-state index contributed by atoms with van der Waals surface area (Å²) in [6, 6.07) is 15.8. The SMILES string of the molecule is COC(=O)C(COc1cccc(O)c1)c1ccccc1. The van der Waals surface area contributed by atoms with Crippen LogP contribution in [-0.2, 0) is 9.53 Å². The van der Waals surface area contributed by atoms with Crippen LogP contribution in [0.15, 0.2) is 54.6 Å². The molecule has 4 nitrogen and oxygen atoms in total. The van der Waals surface area contributed by atoms with Gasteiger partial charge in [-0.3, -0.25) is 4.79 Å². The van der Waals surface area contributed by atoms with Gasteiger partial charge in [0.25, 0.3) is 0 Å². The van der Waals surface area contributed by atoms with Gasteiger partial charge in [0.1, 0.15) is 24.0 Å². The molecule has 0 fully saturated rings. The number of carbonyl (C=O) groups is 1. The molecule has 2 aromatic rings. The van der Waals surface area contributed by atoms with E-state index in [9.17, 15) is 9.90 Å². The molecule has 1 atom stereocenters. The molecule has 0 heterocycles. The van der Waals surface area contributed by atoms with Gasteiger partial charge in [-0.2, -0.15) is 0 Å². The maximum Gasteiger partial charge on any atom is 0.316 e. The van der Waals surface area contributed by atoms with E-state index < -0.39 is 5.92 Å². The second-order valence-electron chi connectivity index (χ2n) is 4.29. The molecular formula is C16H16O4. The molecule has 4 heteroatoms. The van der Waals surface area contributed by atoms with Crippen LogP contribution in [0.25, 0.3) is 0 Å². The van der Waals surface area contributed by atoms with E-state index >= 15 is 0 Å². The third kappa shape index (κ3) is 3.51. The van der Waals surface area contributed by atoms with Crippen molar-refractivity contribution in [1.29, 1.82) is 0 Å². The van der Waals surface area contributed by atoms with Crippen molar-refractivity contribution in [1.82, 2.24) is 0 Å². The largest absolute Gasteiger partial charge is 0.508 e. The molecule has 0 aromatic heterocycles. The van der Waals surface area contributed by atoms with Crippen molar-refractivity contribution in [2.45, 2.75) is 5.92 Å². The van der Waals surface area contributed by atoms with E-state index in [1.807, 2.05) is 30.3 Å². The third-order valence-corrected chi connectivity index (χ3v) is 2.92. The number of aromatic hydroxyl groups is 1. The molecule has 1 N–H and O–H groups in total. The Hall–Kier alpha value is -2.49. The molecule has 0 bridgehead atoms. The summed E-state index contributed by atoms with van der Waals surface area (Å²) in [7, 11) is 1.35. The maximum absolute atomic E-state index is 11.8. The summed E-state index contributed by atoms with van der Waals surface area (Å²) in [6.45, 7) is 0.153. The predicted octanol–water partition coefficient (Wildman–Crippen LogP) is 2.73. The van der Waals surface area contributed by atoms with E-state index in [0.717, 1.165) is 5.56 Å². The maximum atomic E-state index is 11.8. The van der Waals surface area contributed by atoms with E-state index in [1.54, 1.807) is 18.2 Å². The average molecular weight is 272 g/mol. The number of rotatable bonds is 5. The van der Waals surface area contributed by atoms with Gasteiger partial charge < -0.3 is 14.6 Å². The van der Waals surface area contributed by atoms with E-state index in [2.05, 4.69) is 0 Å². The van der Waals surface area contributed by atoms with Crippen LogP contribution in [0.1, 0.15) is 11.5 Å². The van der Waals surface area contributed by atoms with Gasteiger partial charge in [-0.1, -0.05) is 36.4 Å². The Balaban J connectivity index is 2.11. The van der Waals surface area contributed by atoms with E-state index in [4.69, 9.17) is 9.47 Å². The molecule has 0 spiro atoms. The second-order valence-corrected chi connectivity index (χ2v) is 4.29. The first-order valence-electron chi connectivity index (χ1n) is 6.25. The zero-order valence-electron chi connectivity index (χ0n) is 11.2. The van der Waals surface area contributed by atoms with Gasteiger partial charge in [0.05, 0.1) is 7.11 Å². The Kier molecular flexibility index (Phi) is 4.60. The molecular weight excluding hydrogens is 256 g/mol. The Morgan fingerprint density at radius 1 is 1.15 bits per heavy atom. The van der Waals surface area contributed by atoms with Gasteiger partial charge in [-0.05, 0) is 17.7 Å². The molecule has 0 aliphatic rings. The van der Waals surface area contributed by atoms with E-state index in [-0.39, 0.29) is 18.3 Å². The molecule has 2 aromatic carbocycles. The Morgan fingerprint density at radius 3 is 2.55 bits per heavy atom. The third-order valence-electron chi connectivity index (χ3n) is 2.92. The smallest absolute Gasteiger partial charge is 0.316 e. The highest BCUT2D eigenvalue weighted by molar-refractivity contribution is 5.78. The fourth-order valence-corrected chi connectivity index (χ4v) is 1.88. The fraction of sp³-hybridized carbons (Fsp3) is 0.188. The van der Waals surface area contributed by atoms with Crippen molar-refractivity contribution in [2.75, 3.05) is 13.7 Å². The first-order valence-corrected chi connectivity index (χ1v) is 6.25. The first kappa shape index (κ1) is 13.9. The lowest BCUT2D eigenvalue weighted by Crippen LogP contribution is -2.21. The van der Waals surface area contributed by atoms with Gasteiger partial charge in [0, 0.05) is 6.07 Å². The lowest BCUT2D eigenvalue weighted by molar-refractivity contribution is -0.143. The number of esters is 1. The van der Waals surface area contributed by atoms with Crippen molar-refractivity contribution in [2.24, 2.45) is 0 Å². The van der Waals surface area contributed by atoms with Gasteiger partial charge in [0.15, 0.2) is 0 Å². The van der Waals surface area contributed by atoms with Gasteiger partial charge in [0.2, 0.25) is 0 Å². The lowest BCUT2D eigenvalue weighted by Gasteiger charge is -2.16. The molecule has 20 heavy (non-hydrogen) atoms. The zero-order valence-corrected chi connectivity index (χ0v) is 11.2. The summed E-state index contributed by atoms with van der Waals surface area (Å²) in [5.41, 5.74) is 0.833. The van der Waals surface area contributed by atoms with Crippen molar-refractivity contribution in [3.63, 3.8) is 0 Å². The predicted molar refractivity (Wildman–Crippen MR) is 74.8 cm³/mol. The molecule has 1 unspecified atom stereocenters. The fourth-order valence-electron chi connectivity index (χ4n) is 1.88. The summed E-state index contributed by atoms with van der Waals surface area (Å²) in [5.74, 6) is -0.216. The summed E-state index contributed by atoms with van der Waals surface area (Å²) in [6.07, 6.45) is 0. The van der Waals surface area contributed by atoms with Crippen LogP contribution in [0, 0.1) is 0 Å². The van der Waals surface area contributed by atoms with Crippen LogP contribution in [0.2, 0.25) is 0 Å². The average Bonchev–Trinajstić information content (AvgIpc) is 2.48. The quantitative estimate of drug-likeness (QED) is 0.850. The van der Waals surface area contributed by atoms with E-state index in [0.29, 0.717) is 5.75 Å². The van der Waals surface area contributed by atoms with Crippen molar-refractivity contribution in [3.05, 3.63) is 60.2 Å². The summed E-state index contributed by atoms with van der Waals surface area (Å²) >= 11 is 0. The number of ether oxygens (including phenoxy) is 2. The summed E-state index contributed by atoms with van der Waals surface area (Å²) in [5, 5.41) is 9.38. The first-order chi connectivity index (χ1) is 9.70. The molecule has 2 rings (SSSR count). The number of hydrogen-bond donors (Lipinski definition) is 1. The highest BCUT2D eigenvalue weighted by atomic mass is 16.5. The molecule has 0 amide bonds. The number of benzene rings is 2. The molecule has 0 aliphatic heterocycles. The van der Waals surface area contributed by atoms with Crippen LogP contribution in [-0.4, -0.2) is 24.8 Å². The standard InChI is InChI=1S/C16H16O4/c1-19-16(18)15(12-6-3-2-4-7-12)11-20-14-9-5-8-13(17)10-14/h2-10,15,17H,11H2,1H3. The van der Waals surface area contributed by atoms with Gasteiger partial charge in [-0.15, -0.1) is 0 Å². The monoisotopic (exact) mass is 272 g/mol. The van der Waals surface area contributed by atoms with Crippen LogP contribution in [0.5, 0.6) is 11.5 Å². The van der Waals surface area contributed by atoms with Crippen molar-refractivity contribution < 1.29 is 19.4 Å². The Labute approximate surface area is 117 Å². The molecule has 0 saturated heterocycles. The second kappa shape index (κ2) is 6.61. The molecule has 0 radical (unpaired) electrons. The van der Waals surface area contributed by atoms with Crippen molar-refractivity contribution >= 4 is 5.97 Å². The minimum atomic E-state index is -0.497. The lowest BCUT2D eigenvalue weighted by atomic mass is 10.0. The minimum absolute atomic E-state index is 0.122. The Bertz CT molecular complexity index is 566. The van der Waals surface area contributed by atoms with Crippen molar-refractivity contribution in [3.8, 4) is 11.5 Å². The van der Waals surface area contributed by atoms with Crippen LogP contribution >= 0.6 is 0 Å². The van der Waals surface area contributed by atoms with Crippen LogP contribution < -0.4 is 4.74 Å². The highest BCUT2D eigenvalue weighted by Gasteiger charge is 2.22. The Morgan fingerprint density at radius 2 is 1.90 bits per heavy atom. The summed E-state index contributed by atoms with van der Waals surface area (Å²) < 4.78 is 10.4. The topological polar surface area (TPSA) is 55.8 Å². The summed E-state index contributed by atoms with van der Waals surface area (Å²) in [4.78, 5) is 11.8. The van der Waals surface area contributed by atoms with E-state index in [1.165, 1.54) is 13.2 Å². The number of phenolic OH excluding ortho intramolecular Hbond substituents is 1. The van der Waals surface area contributed by atoms with Gasteiger partial charge in [-0.25, -0.2) is 0 Å². The van der Waals surface area contributed by atoms with Crippen LogP contribution in [0.3, 0.4) is 0 Å². The highest BCUT2D eigenvalue weighted by Crippen LogP contribution is 2.22. The number of carbonyl (C=O) groups excluding carboxylic acids is 1. The van der Waals surface area contributed by atoms with Gasteiger partial charge >= 0.3 is 5.97 Å². The molecule has 0 aliphatic carbocycles. The number of hydrogen-bond acceptors (Lipinski definition) is 4. The minimum Gasteiger partial charge on any atom is -0.508 e. The molecule has 104 valence electrons. The number of phenols is 1. The van der Waals surface area contributed by atoms with Crippen LogP contribution in [0.4, 0.5) is 0 Å². The number of methoxy groups -OCH3 is 1. The zero-order chi connectivity index (χ0) is 14.4. The normalized spacial score (nSPS) is 11.7. The molecule has 0 saturated carbocycles.